The van der Waals surface area contributed by atoms with E-state index in [1.165, 1.54) is 6.20 Å². The minimum Gasteiger partial charge on any atom is -0.369 e. The normalized spacial score (nSPS) is 18.2. The molecule has 3 N–H and O–H groups in total. The Balaban J connectivity index is 1.37. The SMILES string of the molecule is CC(Nc1ncc(C#N)c(C2CNc3ncc(C(F)(F)F)cc32)n1)c1ccc(N2CCNCC2)nc1. The second kappa shape index (κ2) is 9.58. The predicted octanol–water partition coefficient (Wildman–Crippen LogP) is 3.30. The maximum absolute atomic E-state index is 13.3. The summed E-state index contributed by atoms with van der Waals surface area (Å²) in [7, 11) is 0. The van der Waals surface area contributed by atoms with E-state index < -0.39 is 17.7 Å². The average molecular weight is 496 g/mol. The van der Waals surface area contributed by atoms with E-state index in [0.29, 0.717) is 17.1 Å². The molecule has 2 aliphatic heterocycles. The van der Waals surface area contributed by atoms with Crippen LogP contribution < -0.4 is 20.9 Å². The fraction of sp³-hybridized carbons (Fsp3) is 0.375. The monoisotopic (exact) mass is 495 g/mol. The van der Waals surface area contributed by atoms with Crippen molar-refractivity contribution in [2.24, 2.45) is 0 Å². The summed E-state index contributed by atoms with van der Waals surface area (Å²) in [6, 6.07) is 6.91. The zero-order valence-corrected chi connectivity index (χ0v) is 19.5. The van der Waals surface area contributed by atoms with Crippen molar-refractivity contribution in [1.29, 1.82) is 5.26 Å². The van der Waals surface area contributed by atoms with Gasteiger partial charge >= 0.3 is 6.18 Å². The third-order valence-corrected chi connectivity index (χ3v) is 6.42. The molecule has 0 amide bonds. The minimum absolute atomic E-state index is 0.192. The van der Waals surface area contributed by atoms with Crippen molar-refractivity contribution in [3.8, 4) is 6.07 Å². The summed E-state index contributed by atoms with van der Waals surface area (Å²) in [5.74, 6) is 0.983. The molecule has 5 rings (SSSR count). The van der Waals surface area contributed by atoms with E-state index in [9.17, 15) is 18.4 Å². The Morgan fingerprint density at radius 3 is 2.64 bits per heavy atom. The largest absolute Gasteiger partial charge is 0.417 e. The van der Waals surface area contributed by atoms with Gasteiger partial charge in [-0.15, -0.1) is 0 Å². The lowest BCUT2D eigenvalue weighted by molar-refractivity contribution is -0.137. The molecule has 9 nitrogen and oxygen atoms in total. The molecule has 36 heavy (non-hydrogen) atoms. The van der Waals surface area contributed by atoms with Crippen LogP contribution in [0.4, 0.5) is 30.8 Å². The van der Waals surface area contributed by atoms with Crippen molar-refractivity contribution >= 4 is 17.6 Å². The third kappa shape index (κ3) is 4.74. The van der Waals surface area contributed by atoms with Gasteiger partial charge in [0.1, 0.15) is 17.7 Å². The van der Waals surface area contributed by atoms with Gasteiger partial charge in [-0.3, -0.25) is 0 Å². The number of aromatic nitrogens is 4. The van der Waals surface area contributed by atoms with Crippen LogP contribution in [-0.4, -0.2) is 52.7 Å². The van der Waals surface area contributed by atoms with Gasteiger partial charge in [0.2, 0.25) is 5.95 Å². The number of anilines is 3. The zero-order valence-electron chi connectivity index (χ0n) is 19.5. The van der Waals surface area contributed by atoms with Crippen molar-refractivity contribution in [2.45, 2.75) is 25.1 Å². The Kier molecular flexibility index (Phi) is 6.32. The number of halogens is 3. The molecule has 2 unspecified atom stereocenters. The predicted molar refractivity (Wildman–Crippen MR) is 128 cm³/mol. The first-order chi connectivity index (χ1) is 17.3. The second-order valence-electron chi connectivity index (χ2n) is 8.75. The minimum atomic E-state index is -4.52. The fourth-order valence-electron chi connectivity index (χ4n) is 4.43. The Morgan fingerprint density at radius 1 is 1.14 bits per heavy atom. The molecule has 1 fully saturated rings. The lowest BCUT2D eigenvalue weighted by Gasteiger charge is -2.28. The van der Waals surface area contributed by atoms with E-state index >= 15 is 0 Å². The highest BCUT2D eigenvalue weighted by atomic mass is 19.4. The zero-order chi connectivity index (χ0) is 25.3. The van der Waals surface area contributed by atoms with Crippen molar-refractivity contribution in [2.75, 3.05) is 48.3 Å². The maximum Gasteiger partial charge on any atom is 0.417 e. The van der Waals surface area contributed by atoms with Gasteiger partial charge in [-0.1, -0.05) is 6.07 Å². The van der Waals surface area contributed by atoms with Crippen molar-refractivity contribution in [1.82, 2.24) is 25.3 Å². The molecule has 0 saturated carbocycles. The van der Waals surface area contributed by atoms with Gasteiger partial charge in [0.15, 0.2) is 0 Å². The molecular formula is C24H24F3N9. The van der Waals surface area contributed by atoms with E-state index in [1.54, 1.807) is 6.20 Å². The Labute approximate surface area is 205 Å². The molecular weight excluding hydrogens is 471 g/mol. The molecule has 2 aliphatic rings. The van der Waals surface area contributed by atoms with Crippen LogP contribution in [0, 0.1) is 11.3 Å². The number of pyridine rings is 2. The Bertz CT molecular complexity index is 1280. The quantitative estimate of drug-likeness (QED) is 0.490. The molecule has 3 aromatic rings. The van der Waals surface area contributed by atoms with Crippen molar-refractivity contribution in [3.63, 3.8) is 0 Å². The molecule has 186 valence electrons. The first kappa shape index (κ1) is 23.7. The van der Waals surface area contributed by atoms with Crippen LogP contribution in [0.2, 0.25) is 0 Å². The highest BCUT2D eigenvalue weighted by molar-refractivity contribution is 5.58. The van der Waals surface area contributed by atoms with Gasteiger partial charge in [-0.2, -0.15) is 18.4 Å². The van der Waals surface area contributed by atoms with Crippen LogP contribution in [0.15, 0.2) is 36.8 Å². The molecule has 0 bridgehead atoms. The van der Waals surface area contributed by atoms with Crippen LogP contribution in [0.5, 0.6) is 0 Å². The number of piperazine rings is 1. The number of nitrogens with one attached hydrogen (secondary N) is 3. The van der Waals surface area contributed by atoms with Crippen molar-refractivity contribution < 1.29 is 13.2 Å². The van der Waals surface area contributed by atoms with Crippen LogP contribution in [0.3, 0.4) is 0 Å². The van der Waals surface area contributed by atoms with Gasteiger partial charge in [-0.05, 0) is 24.6 Å². The van der Waals surface area contributed by atoms with E-state index in [4.69, 9.17) is 0 Å². The first-order valence-corrected chi connectivity index (χ1v) is 11.6. The Morgan fingerprint density at radius 2 is 1.94 bits per heavy atom. The number of fused-ring (bicyclic) bond motifs is 1. The molecule has 2 atom stereocenters. The summed E-state index contributed by atoms with van der Waals surface area (Å²) in [6.45, 7) is 5.88. The summed E-state index contributed by atoms with van der Waals surface area (Å²) in [5, 5.41) is 19.2. The lowest BCUT2D eigenvalue weighted by Crippen LogP contribution is -2.43. The van der Waals surface area contributed by atoms with Crippen LogP contribution in [-0.2, 0) is 6.18 Å². The summed E-state index contributed by atoms with van der Waals surface area (Å²) < 4.78 is 39.8. The smallest absolute Gasteiger partial charge is 0.369 e. The van der Waals surface area contributed by atoms with Gasteiger partial charge in [0.25, 0.3) is 0 Å². The number of alkyl halides is 3. The maximum atomic E-state index is 13.3. The third-order valence-electron chi connectivity index (χ3n) is 6.42. The van der Waals surface area contributed by atoms with E-state index in [2.05, 4.69) is 46.9 Å². The fourth-order valence-corrected chi connectivity index (χ4v) is 4.43. The molecule has 1 saturated heterocycles. The van der Waals surface area contributed by atoms with Crippen LogP contribution in [0.25, 0.3) is 0 Å². The molecule has 0 radical (unpaired) electrons. The Hall–Kier alpha value is -3.98. The lowest BCUT2D eigenvalue weighted by atomic mass is 9.95. The topological polar surface area (TPSA) is 115 Å². The van der Waals surface area contributed by atoms with E-state index in [-0.39, 0.29) is 24.1 Å². The number of hydrogen-bond donors (Lipinski definition) is 3. The van der Waals surface area contributed by atoms with Crippen LogP contribution >= 0.6 is 0 Å². The summed E-state index contributed by atoms with van der Waals surface area (Å²) in [5.41, 5.74) is 0.988. The molecule has 0 aliphatic carbocycles. The number of nitriles is 1. The van der Waals surface area contributed by atoms with Gasteiger partial charge in [0.05, 0.1) is 29.1 Å². The van der Waals surface area contributed by atoms with E-state index in [1.807, 2.05) is 19.1 Å². The first-order valence-electron chi connectivity index (χ1n) is 11.6. The number of rotatable bonds is 5. The highest BCUT2D eigenvalue weighted by Crippen LogP contribution is 2.39. The molecule has 0 aromatic carbocycles. The summed E-state index contributed by atoms with van der Waals surface area (Å²) >= 11 is 0. The van der Waals surface area contributed by atoms with Crippen LogP contribution in [0.1, 0.15) is 46.8 Å². The summed E-state index contributed by atoms with van der Waals surface area (Å²) in [4.78, 5) is 19.5. The average Bonchev–Trinajstić information content (AvgIpc) is 3.32. The van der Waals surface area contributed by atoms with Crippen molar-refractivity contribution in [3.05, 3.63) is 64.7 Å². The number of nitrogens with zero attached hydrogens (tertiary/aromatic N) is 6. The molecule has 5 heterocycles. The second-order valence-corrected chi connectivity index (χ2v) is 8.75. The number of hydrogen-bond acceptors (Lipinski definition) is 9. The van der Waals surface area contributed by atoms with Gasteiger partial charge < -0.3 is 20.9 Å². The molecule has 0 spiro atoms. The summed E-state index contributed by atoms with van der Waals surface area (Å²) in [6.07, 6.45) is -0.520. The molecule has 12 heteroatoms. The molecule has 3 aromatic heterocycles. The highest BCUT2D eigenvalue weighted by Gasteiger charge is 2.35. The van der Waals surface area contributed by atoms with E-state index in [0.717, 1.165) is 49.8 Å². The van der Waals surface area contributed by atoms with Gasteiger partial charge in [-0.25, -0.2) is 19.9 Å². The van der Waals surface area contributed by atoms with Gasteiger partial charge in [0, 0.05) is 56.6 Å². The standard InChI is InChI=1S/C24H24F3N9/c1-14(15-2-3-20(30-10-15)36-6-4-29-5-7-36)34-23-33-11-16(9-28)21(35-23)19-13-32-22-18(19)8-17(12-31-22)24(25,26)27/h2-3,8,10-12,14,19,29H,4-7,13H2,1H3,(H,31,32)(H,33,34,35).